The first-order chi connectivity index (χ1) is 17.3. The lowest BCUT2D eigenvalue weighted by Gasteiger charge is -2.08. The van der Waals surface area contributed by atoms with Gasteiger partial charge >= 0.3 is 0 Å². The second-order valence-electron chi connectivity index (χ2n) is 8.85. The standard InChI is InChI=1S/C31H18N2O2/c1-2-8-19(9-3-1)31-32-25-18-27-23(17-30(25)35-31)21-10-4-6-12-26(21)33(27)20-14-15-29-24(16-20)22-11-5-7-13-28(22)34-29/h1-18H. The van der Waals surface area contributed by atoms with Gasteiger partial charge in [0.1, 0.15) is 16.7 Å². The maximum atomic E-state index is 6.19. The van der Waals surface area contributed by atoms with E-state index in [2.05, 4.69) is 71.3 Å². The Morgan fingerprint density at radius 1 is 0.514 bits per heavy atom. The number of para-hydroxylation sites is 2. The summed E-state index contributed by atoms with van der Waals surface area (Å²) in [5.41, 5.74) is 7.72. The van der Waals surface area contributed by atoms with Gasteiger partial charge in [-0.2, -0.15) is 0 Å². The predicted molar refractivity (Wildman–Crippen MR) is 141 cm³/mol. The molecule has 0 amide bonds. The lowest BCUT2D eigenvalue weighted by Crippen LogP contribution is -1.93. The topological polar surface area (TPSA) is 44.1 Å². The molecule has 0 atom stereocenters. The van der Waals surface area contributed by atoms with Gasteiger partial charge in [0.2, 0.25) is 5.89 Å². The molecule has 3 heterocycles. The Kier molecular flexibility index (Phi) is 3.63. The van der Waals surface area contributed by atoms with Crippen molar-refractivity contribution in [3.05, 3.63) is 109 Å². The van der Waals surface area contributed by atoms with Crippen LogP contribution in [0.2, 0.25) is 0 Å². The summed E-state index contributed by atoms with van der Waals surface area (Å²) in [6.07, 6.45) is 0. The van der Waals surface area contributed by atoms with E-state index >= 15 is 0 Å². The van der Waals surface area contributed by atoms with Crippen molar-refractivity contribution >= 4 is 54.8 Å². The van der Waals surface area contributed by atoms with Crippen LogP contribution in [0.25, 0.3) is 72.0 Å². The lowest BCUT2D eigenvalue weighted by atomic mass is 10.1. The van der Waals surface area contributed by atoms with Crippen LogP contribution in [0.15, 0.2) is 118 Å². The predicted octanol–water partition coefficient (Wildman–Crippen LogP) is 8.49. The molecular formula is C31H18N2O2. The lowest BCUT2D eigenvalue weighted by molar-refractivity contribution is 0.620. The fourth-order valence-electron chi connectivity index (χ4n) is 5.23. The van der Waals surface area contributed by atoms with Crippen LogP contribution < -0.4 is 0 Å². The van der Waals surface area contributed by atoms with Gasteiger partial charge in [-0.25, -0.2) is 4.98 Å². The minimum Gasteiger partial charge on any atom is -0.456 e. The fourth-order valence-corrected chi connectivity index (χ4v) is 5.23. The Labute approximate surface area is 199 Å². The molecule has 0 radical (unpaired) electrons. The number of rotatable bonds is 2. The fraction of sp³-hybridized carbons (Fsp3) is 0. The number of hydrogen-bond donors (Lipinski definition) is 0. The molecule has 35 heavy (non-hydrogen) atoms. The Bertz CT molecular complexity index is 2060. The van der Waals surface area contributed by atoms with Crippen molar-refractivity contribution in [1.82, 2.24) is 9.55 Å². The van der Waals surface area contributed by atoms with Crippen molar-refractivity contribution in [3.8, 4) is 17.1 Å². The number of fused-ring (bicyclic) bond motifs is 7. The highest BCUT2D eigenvalue weighted by Crippen LogP contribution is 2.37. The Hall–Kier alpha value is -4.83. The van der Waals surface area contributed by atoms with Gasteiger partial charge in [-0.05, 0) is 54.6 Å². The van der Waals surface area contributed by atoms with Gasteiger partial charge in [-0.1, -0.05) is 54.6 Å². The van der Waals surface area contributed by atoms with Crippen LogP contribution in [0.3, 0.4) is 0 Å². The maximum Gasteiger partial charge on any atom is 0.227 e. The van der Waals surface area contributed by atoms with Crippen LogP contribution in [-0.2, 0) is 0 Å². The van der Waals surface area contributed by atoms with Crippen molar-refractivity contribution < 1.29 is 8.83 Å². The summed E-state index contributed by atoms with van der Waals surface area (Å²) in [5, 5.41) is 4.55. The summed E-state index contributed by atoms with van der Waals surface area (Å²) >= 11 is 0. The average Bonchev–Trinajstić information content (AvgIpc) is 3.59. The number of aromatic nitrogens is 2. The summed E-state index contributed by atoms with van der Waals surface area (Å²) in [6, 6.07) is 37.4. The summed E-state index contributed by atoms with van der Waals surface area (Å²) < 4.78 is 14.6. The first-order valence-corrected chi connectivity index (χ1v) is 11.6. The maximum absolute atomic E-state index is 6.19. The molecule has 4 heteroatoms. The average molecular weight is 450 g/mol. The molecule has 5 aromatic carbocycles. The molecule has 0 aliphatic heterocycles. The Balaban J connectivity index is 1.44. The monoisotopic (exact) mass is 450 g/mol. The molecule has 0 fully saturated rings. The van der Waals surface area contributed by atoms with Gasteiger partial charge in [0, 0.05) is 32.8 Å². The zero-order valence-electron chi connectivity index (χ0n) is 18.6. The molecule has 0 aliphatic rings. The largest absolute Gasteiger partial charge is 0.456 e. The van der Waals surface area contributed by atoms with Crippen molar-refractivity contribution in [3.63, 3.8) is 0 Å². The molecule has 0 unspecified atom stereocenters. The molecule has 0 N–H and O–H groups in total. The van der Waals surface area contributed by atoms with E-state index in [1.165, 1.54) is 5.39 Å². The Morgan fingerprint density at radius 3 is 2.20 bits per heavy atom. The molecule has 8 aromatic rings. The molecule has 0 bridgehead atoms. The van der Waals surface area contributed by atoms with Crippen LogP contribution in [0.5, 0.6) is 0 Å². The van der Waals surface area contributed by atoms with Crippen LogP contribution in [0, 0.1) is 0 Å². The molecule has 8 rings (SSSR count). The van der Waals surface area contributed by atoms with Crippen LogP contribution in [0.1, 0.15) is 0 Å². The zero-order chi connectivity index (χ0) is 22.9. The van der Waals surface area contributed by atoms with Crippen LogP contribution >= 0.6 is 0 Å². The molecule has 0 saturated carbocycles. The highest BCUT2D eigenvalue weighted by atomic mass is 16.3. The van der Waals surface area contributed by atoms with E-state index in [4.69, 9.17) is 13.8 Å². The minimum absolute atomic E-state index is 0.635. The van der Waals surface area contributed by atoms with Crippen LogP contribution in [-0.4, -0.2) is 9.55 Å². The van der Waals surface area contributed by atoms with Gasteiger partial charge in [0.25, 0.3) is 0 Å². The van der Waals surface area contributed by atoms with Crippen LogP contribution in [0.4, 0.5) is 0 Å². The summed E-state index contributed by atoms with van der Waals surface area (Å²) in [5.74, 6) is 0.635. The SMILES string of the molecule is c1ccc(-c2nc3cc4c(cc3o2)c2ccccc2n4-c2ccc3oc4ccccc4c3c2)cc1. The Morgan fingerprint density at radius 2 is 1.29 bits per heavy atom. The molecule has 0 saturated heterocycles. The van der Waals surface area contributed by atoms with E-state index in [9.17, 15) is 0 Å². The number of oxazole rings is 1. The summed E-state index contributed by atoms with van der Waals surface area (Å²) in [6.45, 7) is 0. The second-order valence-corrected chi connectivity index (χ2v) is 8.85. The van der Waals surface area contributed by atoms with Gasteiger partial charge < -0.3 is 13.4 Å². The number of nitrogens with zero attached hydrogens (tertiary/aromatic N) is 2. The van der Waals surface area contributed by atoms with Gasteiger partial charge in [0.05, 0.1) is 11.0 Å². The van der Waals surface area contributed by atoms with E-state index in [0.717, 1.165) is 60.7 Å². The number of furan rings is 1. The quantitative estimate of drug-likeness (QED) is 0.265. The minimum atomic E-state index is 0.635. The van der Waals surface area contributed by atoms with E-state index in [-0.39, 0.29) is 0 Å². The first-order valence-electron chi connectivity index (χ1n) is 11.6. The highest BCUT2D eigenvalue weighted by molar-refractivity contribution is 6.13. The van der Waals surface area contributed by atoms with Crippen molar-refractivity contribution in [1.29, 1.82) is 0 Å². The third-order valence-electron chi connectivity index (χ3n) is 6.82. The third-order valence-corrected chi connectivity index (χ3v) is 6.82. The van der Waals surface area contributed by atoms with E-state index in [1.54, 1.807) is 0 Å². The van der Waals surface area contributed by atoms with E-state index < -0.39 is 0 Å². The summed E-state index contributed by atoms with van der Waals surface area (Å²) in [4.78, 5) is 4.83. The molecule has 3 aromatic heterocycles. The first kappa shape index (κ1) is 18.6. The molecule has 0 aliphatic carbocycles. The van der Waals surface area contributed by atoms with Crippen molar-refractivity contribution in [2.45, 2.75) is 0 Å². The summed E-state index contributed by atoms with van der Waals surface area (Å²) in [7, 11) is 0. The molecule has 164 valence electrons. The van der Waals surface area contributed by atoms with Gasteiger partial charge in [-0.15, -0.1) is 0 Å². The van der Waals surface area contributed by atoms with Gasteiger partial charge in [-0.3, -0.25) is 0 Å². The van der Waals surface area contributed by atoms with Crippen molar-refractivity contribution in [2.24, 2.45) is 0 Å². The van der Waals surface area contributed by atoms with E-state index in [0.29, 0.717) is 5.89 Å². The zero-order valence-corrected chi connectivity index (χ0v) is 18.6. The normalized spacial score (nSPS) is 12.0. The second kappa shape index (κ2) is 6.84. The number of benzene rings is 5. The number of hydrogen-bond acceptors (Lipinski definition) is 3. The highest BCUT2D eigenvalue weighted by Gasteiger charge is 2.17. The molecule has 0 spiro atoms. The van der Waals surface area contributed by atoms with Crippen molar-refractivity contribution in [2.75, 3.05) is 0 Å². The molecular weight excluding hydrogens is 432 g/mol. The van der Waals surface area contributed by atoms with Gasteiger partial charge in [0.15, 0.2) is 5.58 Å². The smallest absolute Gasteiger partial charge is 0.227 e. The third kappa shape index (κ3) is 2.65. The molecule has 4 nitrogen and oxygen atoms in total. The van der Waals surface area contributed by atoms with E-state index in [1.807, 2.05) is 42.5 Å².